The van der Waals surface area contributed by atoms with Crippen LogP contribution >= 0.6 is 0 Å². The minimum atomic E-state index is -4.04. The highest BCUT2D eigenvalue weighted by Gasteiger charge is 2.27. The lowest BCUT2D eigenvalue weighted by Crippen LogP contribution is -2.39. The number of benzene rings is 3. The number of carbonyl (C=O) groups excluding carboxylic acids is 2. The lowest BCUT2D eigenvalue weighted by molar-refractivity contribution is -0.131. The molecule has 3 aromatic carbocycles. The predicted octanol–water partition coefficient (Wildman–Crippen LogP) is 3.27. The van der Waals surface area contributed by atoms with Gasteiger partial charge in [0.1, 0.15) is 18.0 Å². The molecular weight excluding hydrogens is 470 g/mol. The van der Waals surface area contributed by atoms with Gasteiger partial charge < -0.3 is 9.47 Å². The van der Waals surface area contributed by atoms with E-state index in [1.807, 2.05) is 6.92 Å². The molecule has 3 aromatic rings. The predicted molar refractivity (Wildman–Crippen MR) is 132 cm³/mol. The summed E-state index contributed by atoms with van der Waals surface area (Å²) in [7, 11) is -2.53. The van der Waals surface area contributed by atoms with E-state index >= 15 is 0 Å². The van der Waals surface area contributed by atoms with Gasteiger partial charge in [-0.1, -0.05) is 17.7 Å². The summed E-state index contributed by atoms with van der Waals surface area (Å²) < 4.78 is 37.9. The van der Waals surface area contributed by atoms with E-state index in [4.69, 9.17) is 9.47 Å². The molecule has 1 amide bonds. The number of hydrogen-bond donors (Lipinski definition) is 1. The van der Waals surface area contributed by atoms with E-state index in [1.54, 1.807) is 60.7 Å². The molecular formula is C25H25N3O6S. The largest absolute Gasteiger partial charge is 0.497 e. The number of rotatable bonds is 9. The number of carbonyl (C=O) groups is 2. The molecule has 3 rings (SSSR count). The summed E-state index contributed by atoms with van der Waals surface area (Å²) in [6, 6.07) is 19.2. The molecule has 10 heteroatoms. The first-order chi connectivity index (χ1) is 16.7. The van der Waals surface area contributed by atoms with Crippen LogP contribution in [0.15, 0.2) is 82.8 Å². The first-order valence-corrected chi connectivity index (χ1v) is 12.0. The number of anilines is 1. The molecule has 0 aliphatic carbocycles. The summed E-state index contributed by atoms with van der Waals surface area (Å²) in [6.45, 7) is 2.66. The zero-order valence-electron chi connectivity index (χ0n) is 19.5. The average Bonchev–Trinajstić information content (AvgIpc) is 2.83. The van der Waals surface area contributed by atoms with Crippen LogP contribution in [0.3, 0.4) is 0 Å². The number of ether oxygens (including phenoxy) is 2. The Hall–Kier alpha value is -4.18. The van der Waals surface area contributed by atoms with Gasteiger partial charge in [-0.25, -0.2) is 13.8 Å². The van der Waals surface area contributed by atoms with Crippen molar-refractivity contribution in [1.82, 2.24) is 5.43 Å². The molecule has 0 aromatic heterocycles. The van der Waals surface area contributed by atoms with E-state index in [0.717, 1.165) is 9.87 Å². The molecule has 9 nitrogen and oxygen atoms in total. The molecule has 0 fully saturated rings. The van der Waals surface area contributed by atoms with Crippen LogP contribution in [0.1, 0.15) is 18.1 Å². The number of amides is 1. The van der Waals surface area contributed by atoms with Gasteiger partial charge in [0.15, 0.2) is 0 Å². The Morgan fingerprint density at radius 2 is 1.54 bits per heavy atom. The molecule has 0 aliphatic rings. The van der Waals surface area contributed by atoms with Crippen LogP contribution in [-0.4, -0.2) is 40.2 Å². The zero-order chi connectivity index (χ0) is 25.4. The van der Waals surface area contributed by atoms with Crippen LogP contribution in [0.25, 0.3) is 0 Å². The van der Waals surface area contributed by atoms with Crippen LogP contribution in [0.4, 0.5) is 5.69 Å². The molecule has 0 saturated carbocycles. The van der Waals surface area contributed by atoms with Crippen LogP contribution in [0.5, 0.6) is 11.5 Å². The number of esters is 1. The number of nitrogens with one attached hydrogen (secondary N) is 1. The van der Waals surface area contributed by atoms with Crippen molar-refractivity contribution in [1.29, 1.82) is 0 Å². The molecule has 0 bridgehead atoms. The third kappa shape index (κ3) is 6.90. The monoisotopic (exact) mass is 495 g/mol. The highest BCUT2D eigenvalue weighted by molar-refractivity contribution is 7.92. The Morgan fingerprint density at radius 3 is 2.11 bits per heavy atom. The fourth-order valence-electron chi connectivity index (χ4n) is 3.03. The fourth-order valence-corrected chi connectivity index (χ4v) is 4.45. The quantitative estimate of drug-likeness (QED) is 0.211. The molecule has 35 heavy (non-hydrogen) atoms. The third-order valence-electron chi connectivity index (χ3n) is 4.80. The number of nitrogens with zero attached hydrogens (tertiary/aromatic N) is 2. The van der Waals surface area contributed by atoms with E-state index in [2.05, 4.69) is 10.5 Å². The fraction of sp³-hybridized carbons (Fsp3) is 0.160. The van der Waals surface area contributed by atoms with Crippen molar-refractivity contribution in [3.8, 4) is 11.5 Å². The average molecular weight is 496 g/mol. The lowest BCUT2D eigenvalue weighted by Gasteiger charge is -2.24. The van der Waals surface area contributed by atoms with Crippen LogP contribution in [-0.2, 0) is 19.6 Å². The van der Waals surface area contributed by atoms with Crippen molar-refractivity contribution in [3.63, 3.8) is 0 Å². The summed E-state index contributed by atoms with van der Waals surface area (Å²) in [5, 5.41) is 3.90. The molecule has 1 N–H and O–H groups in total. The van der Waals surface area contributed by atoms with Crippen LogP contribution in [0.2, 0.25) is 0 Å². The molecule has 0 spiro atoms. The Kier molecular flexibility index (Phi) is 8.21. The number of hydrogen-bond acceptors (Lipinski definition) is 7. The topological polar surface area (TPSA) is 114 Å². The Morgan fingerprint density at radius 1 is 0.943 bits per heavy atom. The number of aryl methyl sites for hydroxylation is 1. The van der Waals surface area contributed by atoms with Crippen molar-refractivity contribution in [3.05, 3.63) is 83.9 Å². The lowest BCUT2D eigenvalue weighted by atomic mass is 10.2. The van der Waals surface area contributed by atoms with E-state index < -0.39 is 28.4 Å². The minimum Gasteiger partial charge on any atom is -0.497 e. The molecule has 0 radical (unpaired) electrons. The minimum absolute atomic E-state index is 0.0584. The normalized spacial score (nSPS) is 11.2. The first-order valence-electron chi connectivity index (χ1n) is 10.5. The Labute approximate surface area is 204 Å². The number of sulfonamides is 1. The smallest absolute Gasteiger partial charge is 0.308 e. The third-order valence-corrected chi connectivity index (χ3v) is 6.59. The van der Waals surface area contributed by atoms with Crippen molar-refractivity contribution in [2.75, 3.05) is 18.0 Å². The summed E-state index contributed by atoms with van der Waals surface area (Å²) >= 11 is 0. The summed E-state index contributed by atoms with van der Waals surface area (Å²) in [5.41, 5.74) is 4.19. The molecule has 0 aliphatic heterocycles. The highest BCUT2D eigenvalue weighted by atomic mass is 32.2. The van der Waals surface area contributed by atoms with Crippen LogP contribution in [0, 0.1) is 6.92 Å². The molecule has 0 saturated heterocycles. The maximum Gasteiger partial charge on any atom is 0.308 e. The summed E-state index contributed by atoms with van der Waals surface area (Å²) in [4.78, 5) is 23.7. The standard InChI is InChI=1S/C25H25N3O6S/c1-18-4-14-24(15-5-18)35(31,32)28(21-8-12-22(33-3)13-9-21)17-25(30)27-26-16-20-6-10-23(11-7-20)34-19(2)29/h4-16H,17H2,1-3H3,(H,27,30)/b26-16+. The Bertz CT molecular complexity index is 1300. The molecule has 0 heterocycles. The Balaban J connectivity index is 1.77. The van der Waals surface area contributed by atoms with Gasteiger partial charge in [0.05, 0.1) is 23.9 Å². The van der Waals surface area contributed by atoms with Gasteiger partial charge in [-0.2, -0.15) is 5.10 Å². The number of methoxy groups -OCH3 is 1. The van der Waals surface area contributed by atoms with Gasteiger partial charge in [-0.15, -0.1) is 0 Å². The second-order valence-electron chi connectivity index (χ2n) is 7.48. The first kappa shape index (κ1) is 25.4. The second kappa shape index (κ2) is 11.3. The van der Waals surface area contributed by atoms with Crippen molar-refractivity contribution in [2.45, 2.75) is 18.7 Å². The SMILES string of the molecule is COc1ccc(N(CC(=O)N/N=C/c2ccc(OC(C)=O)cc2)S(=O)(=O)c2ccc(C)cc2)cc1. The highest BCUT2D eigenvalue weighted by Crippen LogP contribution is 2.26. The van der Waals surface area contributed by atoms with E-state index in [9.17, 15) is 18.0 Å². The molecule has 0 atom stereocenters. The van der Waals surface area contributed by atoms with Crippen molar-refractivity contribution < 1.29 is 27.5 Å². The van der Waals surface area contributed by atoms with Gasteiger partial charge in [0.25, 0.3) is 15.9 Å². The van der Waals surface area contributed by atoms with Gasteiger partial charge in [-0.3, -0.25) is 13.9 Å². The van der Waals surface area contributed by atoms with Gasteiger partial charge in [0.2, 0.25) is 0 Å². The van der Waals surface area contributed by atoms with Gasteiger partial charge in [-0.05, 0) is 73.2 Å². The zero-order valence-corrected chi connectivity index (χ0v) is 20.3. The van der Waals surface area contributed by atoms with E-state index in [-0.39, 0.29) is 4.90 Å². The van der Waals surface area contributed by atoms with Crippen molar-refractivity contribution in [2.24, 2.45) is 5.10 Å². The molecule has 182 valence electrons. The summed E-state index contributed by atoms with van der Waals surface area (Å²) in [5.74, 6) is -0.129. The maximum absolute atomic E-state index is 13.4. The van der Waals surface area contributed by atoms with Gasteiger partial charge >= 0.3 is 5.97 Å². The van der Waals surface area contributed by atoms with Crippen LogP contribution < -0.4 is 19.2 Å². The molecule has 0 unspecified atom stereocenters. The maximum atomic E-state index is 13.4. The number of hydrazone groups is 1. The summed E-state index contributed by atoms with van der Waals surface area (Å²) in [6.07, 6.45) is 1.39. The van der Waals surface area contributed by atoms with Gasteiger partial charge in [0, 0.05) is 6.92 Å². The van der Waals surface area contributed by atoms with Crippen molar-refractivity contribution >= 4 is 33.8 Å². The second-order valence-corrected chi connectivity index (χ2v) is 9.34. The van der Waals surface area contributed by atoms with E-state index in [1.165, 1.54) is 32.4 Å². The van der Waals surface area contributed by atoms with E-state index in [0.29, 0.717) is 22.7 Å².